The Morgan fingerprint density at radius 2 is 2.10 bits per heavy atom. The number of benzene rings is 1. The van der Waals surface area contributed by atoms with Gasteiger partial charge in [-0.2, -0.15) is 5.10 Å². The molecule has 0 fully saturated rings. The minimum Gasteiger partial charge on any atom is -0.316 e. The fourth-order valence-electron chi connectivity index (χ4n) is 1.58. The monoisotopic (exact) mass is 312 g/mol. The predicted octanol–water partition coefficient (Wildman–Crippen LogP) is 1.65. The SMILES string of the molecule is CNCc1ccc(S(=O)(=O)Nc2cccnn2)cc1Cl. The molecule has 2 rings (SSSR count). The molecular formula is C12H13ClN4O2S. The Balaban J connectivity index is 2.28. The molecule has 1 heterocycles. The van der Waals surface area contributed by atoms with Crippen molar-refractivity contribution in [2.24, 2.45) is 0 Å². The van der Waals surface area contributed by atoms with Crippen molar-refractivity contribution in [3.63, 3.8) is 0 Å². The molecule has 0 unspecified atom stereocenters. The first-order chi connectivity index (χ1) is 9.53. The standard InChI is InChI=1S/C12H13ClN4O2S/c1-14-8-9-4-5-10(7-11(9)13)20(18,19)17-12-3-2-6-15-16-12/h2-7,14H,8H2,1H3,(H,16,17). The van der Waals surface area contributed by atoms with Crippen molar-refractivity contribution in [3.8, 4) is 0 Å². The maximum atomic E-state index is 12.2. The fraction of sp³-hybridized carbons (Fsp3) is 0.167. The maximum absolute atomic E-state index is 12.2. The largest absolute Gasteiger partial charge is 0.316 e. The first kappa shape index (κ1) is 14.7. The highest BCUT2D eigenvalue weighted by Crippen LogP contribution is 2.22. The second-order valence-electron chi connectivity index (χ2n) is 4.00. The Morgan fingerprint density at radius 1 is 1.30 bits per heavy atom. The Morgan fingerprint density at radius 3 is 2.70 bits per heavy atom. The third-order valence-corrected chi connectivity index (χ3v) is 4.22. The van der Waals surface area contributed by atoms with E-state index < -0.39 is 10.0 Å². The molecule has 0 spiro atoms. The number of anilines is 1. The summed E-state index contributed by atoms with van der Waals surface area (Å²) >= 11 is 6.06. The van der Waals surface area contributed by atoms with Crippen LogP contribution in [0.3, 0.4) is 0 Å². The zero-order chi connectivity index (χ0) is 14.6. The van der Waals surface area contributed by atoms with E-state index >= 15 is 0 Å². The van der Waals surface area contributed by atoms with Gasteiger partial charge >= 0.3 is 0 Å². The van der Waals surface area contributed by atoms with Crippen LogP contribution in [-0.2, 0) is 16.6 Å². The average Bonchev–Trinajstić information content (AvgIpc) is 2.42. The lowest BCUT2D eigenvalue weighted by Gasteiger charge is -2.09. The normalized spacial score (nSPS) is 11.3. The topological polar surface area (TPSA) is 84.0 Å². The molecule has 0 bridgehead atoms. The minimum atomic E-state index is -3.72. The van der Waals surface area contributed by atoms with Crippen LogP contribution in [0.5, 0.6) is 0 Å². The number of halogens is 1. The average molecular weight is 313 g/mol. The molecule has 2 aromatic rings. The minimum absolute atomic E-state index is 0.0769. The molecule has 0 saturated carbocycles. The maximum Gasteiger partial charge on any atom is 0.263 e. The first-order valence-electron chi connectivity index (χ1n) is 5.76. The molecular weight excluding hydrogens is 300 g/mol. The van der Waals surface area contributed by atoms with Gasteiger partial charge in [0.05, 0.1) is 4.90 Å². The molecule has 2 N–H and O–H groups in total. The van der Waals surface area contributed by atoms with E-state index in [1.54, 1.807) is 19.2 Å². The summed E-state index contributed by atoms with van der Waals surface area (Å²) in [4.78, 5) is 0.0769. The Labute approximate surface area is 122 Å². The summed E-state index contributed by atoms with van der Waals surface area (Å²) in [6.45, 7) is 0.566. The molecule has 0 amide bonds. The second kappa shape index (κ2) is 6.17. The summed E-state index contributed by atoms with van der Waals surface area (Å²) in [5.41, 5.74) is 0.826. The Kier molecular flexibility index (Phi) is 4.53. The van der Waals surface area contributed by atoms with Gasteiger partial charge in [0.25, 0.3) is 10.0 Å². The summed E-state index contributed by atoms with van der Waals surface area (Å²) in [6.07, 6.45) is 1.46. The molecule has 8 heteroatoms. The van der Waals surface area contributed by atoms with Crippen molar-refractivity contribution < 1.29 is 8.42 Å². The van der Waals surface area contributed by atoms with Gasteiger partial charge in [0.2, 0.25) is 0 Å². The number of hydrogen-bond donors (Lipinski definition) is 2. The zero-order valence-electron chi connectivity index (χ0n) is 10.7. The molecule has 0 atom stereocenters. The third-order valence-electron chi connectivity index (χ3n) is 2.51. The number of sulfonamides is 1. The fourth-order valence-corrected chi connectivity index (χ4v) is 2.92. The summed E-state index contributed by atoms with van der Waals surface area (Å²) in [5, 5.41) is 10.6. The number of rotatable bonds is 5. The number of aromatic nitrogens is 2. The first-order valence-corrected chi connectivity index (χ1v) is 7.62. The van der Waals surface area contributed by atoms with E-state index in [1.807, 2.05) is 0 Å². The van der Waals surface area contributed by atoms with E-state index in [4.69, 9.17) is 11.6 Å². The van der Waals surface area contributed by atoms with E-state index in [9.17, 15) is 8.42 Å². The molecule has 1 aromatic heterocycles. The molecule has 0 aliphatic rings. The van der Waals surface area contributed by atoms with Gasteiger partial charge in [-0.15, -0.1) is 5.10 Å². The van der Waals surface area contributed by atoms with Crippen LogP contribution < -0.4 is 10.0 Å². The molecule has 0 aliphatic carbocycles. The number of nitrogens with zero attached hydrogens (tertiary/aromatic N) is 2. The van der Waals surface area contributed by atoms with Crippen LogP contribution >= 0.6 is 11.6 Å². The third kappa shape index (κ3) is 3.44. The van der Waals surface area contributed by atoms with Gasteiger partial charge in [-0.3, -0.25) is 4.72 Å². The molecule has 1 aromatic carbocycles. The van der Waals surface area contributed by atoms with Crippen LogP contribution in [-0.4, -0.2) is 25.7 Å². The lowest BCUT2D eigenvalue weighted by atomic mass is 10.2. The molecule has 20 heavy (non-hydrogen) atoms. The summed E-state index contributed by atoms with van der Waals surface area (Å²) in [7, 11) is -1.94. The van der Waals surface area contributed by atoms with Crippen LogP contribution in [0.1, 0.15) is 5.56 Å². The van der Waals surface area contributed by atoms with E-state index in [2.05, 4.69) is 20.2 Å². The lowest BCUT2D eigenvalue weighted by molar-refractivity contribution is 0.601. The molecule has 0 saturated heterocycles. The van der Waals surface area contributed by atoms with Gasteiger partial charge in [0.15, 0.2) is 5.82 Å². The van der Waals surface area contributed by atoms with E-state index in [0.717, 1.165) is 5.56 Å². The van der Waals surface area contributed by atoms with Crippen molar-refractivity contribution >= 4 is 27.4 Å². The van der Waals surface area contributed by atoms with Gasteiger partial charge in [-0.05, 0) is 36.9 Å². The van der Waals surface area contributed by atoms with Gasteiger partial charge in [0, 0.05) is 17.8 Å². The molecule has 106 valence electrons. The van der Waals surface area contributed by atoms with Crippen LogP contribution in [0.4, 0.5) is 5.82 Å². The van der Waals surface area contributed by atoms with E-state index in [1.165, 1.54) is 24.4 Å². The molecule has 0 aliphatic heterocycles. The lowest BCUT2D eigenvalue weighted by Crippen LogP contribution is -2.14. The summed E-state index contributed by atoms with van der Waals surface area (Å²) in [5.74, 6) is 0.155. The Hall–Kier alpha value is -1.70. The van der Waals surface area contributed by atoms with Crippen LogP contribution in [0.25, 0.3) is 0 Å². The highest BCUT2D eigenvalue weighted by molar-refractivity contribution is 7.92. The highest BCUT2D eigenvalue weighted by Gasteiger charge is 2.16. The van der Waals surface area contributed by atoms with Gasteiger partial charge in [-0.1, -0.05) is 17.7 Å². The molecule has 6 nitrogen and oxygen atoms in total. The van der Waals surface area contributed by atoms with Crippen LogP contribution in [0, 0.1) is 0 Å². The Bertz CT molecular complexity index is 692. The molecule has 0 radical (unpaired) electrons. The van der Waals surface area contributed by atoms with Crippen molar-refractivity contribution in [2.45, 2.75) is 11.4 Å². The van der Waals surface area contributed by atoms with E-state index in [-0.39, 0.29) is 10.7 Å². The predicted molar refractivity (Wildman–Crippen MR) is 77.1 cm³/mol. The van der Waals surface area contributed by atoms with Crippen LogP contribution in [0.2, 0.25) is 5.02 Å². The van der Waals surface area contributed by atoms with Crippen LogP contribution in [0.15, 0.2) is 41.4 Å². The summed E-state index contributed by atoms with van der Waals surface area (Å²) in [6, 6.07) is 7.68. The second-order valence-corrected chi connectivity index (χ2v) is 6.09. The van der Waals surface area contributed by atoms with Crippen molar-refractivity contribution in [3.05, 3.63) is 47.1 Å². The van der Waals surface area contributed by atoms with E-state index in [0.29, 0.717) is 11.6 Å². The number of hydrogen-bond acceptors (Lipinski definition) is 5. The van der Waals surface area contributed by atoms with Crippen molar-refractivity contribution in [1.82, 2.24) is 15.5 Å². The highest BCUT2D eigenvalue weighted by atomic mass is 35.5. The number of nitrogens with one attached hydrogen (secondary N) is 2. The van der Waals surface area contributed by atoms with Gasteiger partial charge in [-0.25, -0.2) is 8.42 Å². The van der Waals surface area contributed by atoms with Gasteiger partial charge in [0.1, 0.15) is 0 Å². The van der Waals surface area contributed by atoms with Gasteiger partial charge < -0.3 is 5.32 Å². The van der Waals surface area contributed by atoms with Crippen molar-refractivity contribution in [1.29, 1.82) is 0 Å². The smallest absolute Gasteiger partial charge is 0.263 e. The van der Waals surface area contributed by atoms with Crippen molar-refractivity contribution in [2.75, 3.05) is 11.8 Å². The quantitative estimate of drug-likeness (QED) is 0.877. The summed E-state index contributed by atoms with van der Waals surface area (Å²) < 4.78 is 26.7. The zero-order valence-corrected chi connectivity index (χ0v) is 12.2.